The average Bonchev–Trinajstić information content (AvgIpc) is 3.12. The van der Waals surface area contributed by atoms with Crippen LogP contribution in [0.4, 0.5) is 0 Å². The van der Waals surface area contributed by atoms with Crippen molar-refractivity contribution in [3.05, 3.63) is 30.0 Å². The number of amides is 1. The van der Waals surface area contributed by atoms with E-state index in [9.17, 15) is 9.59 Å². The van der Waals surface area contributed by atoms with E-state index in [1.165, 1.54) is 0 Å². The third-order valence-electron chi connectivity index (χ3n) is 5.22. The number of benzene rings is 1. The van der Waals surface area contributed by atoms with E-state index in [2.05, 4.69) is 0 Å². The van der Waals surface area contributed by atoms with Gasteiger partial charge in [-0.2, -0.15) is 0 Å². The van der Waals surface area contributed by atoms with Gasteiger partial charge in [-0.25, -0.2) is 0 Å². The Morgan fingerprint density at radius 2 is 2.11 bits per heavy atom. The molecule has 2 aromatic rings. The number of nitrogens with zero attached hydrogens (tertiary/aromatic N) is 1. The van der Waals surface area contributed by atoms with Gasteiger partial charge < -0.3 is 24.3 Å². The van der Waals surface area contributed by atoms with Gasteiger partial charge in [0.1, 0.15) is 6.54 Å². The van der Waals surface area contributed by atoms with Crippen molar-refractivity contribution in [2.45, 2.75) is 58.8 Å². The van der Waals surface area contributed by atoms with E-state index in [0.717, 1.165) is 23.8 Å². The first-order valence-electron chi connectivity index (χ1n) is 9.64. The zero-order valence-corrected chi connectivity index (χ0v) is 16.9. The summed E-state index contributed by atoms with van der Waals surface area (Å²) in [7, 11) is -0.516. The zero-order valence-electron chi connectivity index (χ0n) is 16.9. The van der Waals surface area contributed by atoms with Gasteiger partial charge in [-0.05, 0) is 38.7 Å². The number of carbonyl (C=O) groups is 2. The van der Waals surface area contributed by atoms with Crippen LogP contribution in [0, 0.1) is 0 Å². The van der Waals surface area contributed by atoms with Gasteiger partial charge in [-0.3, -0.25) is 9.59 Å². The molecule has 2 heterocycles. The fraction of sp³-hybridized carbons (Fsp3) is 0.500. The SMILES string of the molecule is CCCCOC(=O)Cn1cc(C(N)=O)c2cc(B3OC(C)C(C)(C)O3)ccc21. The predicted molar refractivity (Wildman–Crippen MR) is 107 cm³/mol. The maximum atomic E-state index is 12.1. The van der Waals surface area contributed by atoms with Crippen LogP contribution >= 0.6 is 0 Å². The molecule has 150 valence electrons. The van der Waals surface area contributed by atoms with Gasteiger partial charge in [-0.15, -0.1) is 0 Å². The second-order valence-electron chi connectivity index (χ2n) is 7.72. The molecule has 1 amide bonds. The number of unbranched alkanes of at least 4 members (excludes halogenated alkanes) is 1. The summed E-state index contributed by atoms with van der Waals surface area (Å²) in [5, 5.41) is 0.663. The lowest BCUT2D eigenvalue weighted by Gasteiger charge is -2.21. The van der Waals surface area contributed by atoms with E-state index in [-0.39, 0.29) is 18.6 Å². The van der Waals surface area contributed by atoms with Crippen molar-refractivity contribution in [3.8, 4) is 0 Å². The third kappa shape index (κ3) is 4.08. The molecular weight excluding hydrogens is 359 g/mol. The summed E-state index contributed by atoms with van der Waals surface area (Å²) in [6, 6.07) is 5.57. The lowest BCUT2D eigenvalue weighted by molar-refractivity contribution is -0.144. The molecule has 1 fully saturated rings. The Labute approximate surface area is 165 Å². The van der Waals surface area contributed by atoms with Crippen molar-refractivity contribution < 1.29 is 23.6 Å². The molecule has 1 aromatic carbocycles. The van der Waals surface area contributed by atoms with Crippen LogP contribution in [0.1, 0.15) is 50.9 Å². The third-order valence-corrected chi connectivity index (χ3v) is 5.22. The fourth-order valence-electron chi connectivity index (χ4n) is 3.20. The van der Waals surface area contributed by atoms with Crippen LogP contribution in [0.15, 0.2) is 24.4 Å². The largest absolute Gasteiger partial charge is 0.494 e. The number of carbonyl (C=O) groups excluding carboxylic acids is 2. The molecule has 0 saturated carbocycles. The minimum atomic E-state index is -0.554. The van der Waals surface area contributed by atoms with Gasteiger partial charge in [-0.1, -0.05) is 25.5 Å². The van der Waals surface area contributed by atoms with Crippen LogP contribution in [0.5, 0.6) is 0 Å². The smallest absolute Gasteiger partial charge is 0.464 e. The maximum absolute atomic E-state index is 12.1. The number of aromatic nitrogens is 1. The van der Waals surface area contributed by atoms with Gasteiger partial charge in [0, 0.05) is 17.1 Å². The van der Waals surface area contributed by atoms with Crippen LogP contribution in [0.25, 0.3) is 10.9 Å². The van der Waals surface area contributed by atoms with Crippen molar-refractivity contribution in [3.63, 3.8) is 0 Å². The van der Waals surface area contributed by atoms with Gasteiger partial charge in [0.05, 0.1) is 23.9 Å². The topological polar surface area (TPSA) is 92.8 Å². The Morgan fingerprint density at radius 1 is 1.36 bits per heavy atom. The number of hydrogen-bond acceptors (Lipinski definition) is 5. The molecule has 1 aromatic heterocycles. The number of esters is 1. The number of fused-ring (bicyclic) bond motifs is 1. The van der Waals surface area contributed by atoms with E-state index in [4.69, 9.17) is 19.8 Å². The van der Waals surface area contributed by atoms with E-state index < -0.39 is 18.6 Å². The normalized spacial score (nSPS) is 18.6. The number of ether oxygens (including phenoxy) is 1. The highest BCUT2D eigenvalue weighted by atomic mass is 16.7. The second-order valence-corrected chi connectivity index (χ2v) is 7.72. The lowest BCUT2D eigenvalue weighted by atomic mass is 9.78. The molecule has 8 heteroatoms. The molecule has 2 N–H and O–H groups in total. The predicted octanol–water partition coefficient (Wildman–Crippen LogP) is 1.99. The van der Waals surface area contributed by atoms with Crippen LogP contribution in [0.3, 0.4) is 0 Å². The summed E-state index contributed by atoms with van der Waals surface area (Å²) in [6.45, 7) is 8.37. The molecular formula is C20H27BN2O5. The van der Waals surface area contributed by atoms with E-state index in [1.807, 2.05) is 45.9 Å². The van der Waals surface area contributed by atoms with Crippen LogP contribution < -0.4 is 11.2 Å². The molecule has 0 aliphatic carbocycles. The Morgan fingerprint density at radius 3 is 2.71 bits per heavy atom. The van der Waals surface area contributed by atoms with Crippen molar-refractivity contribution >= 4 is 35.4 Å². The molecule has 1 unspecified atom stereocenters. The van der Waals surface area contributed by atoms with Gasteiger partial charge >= 0.3 is 13.1 Å². The highest BCUT2D eigenvalue weighted by Gasteiger charge is 2.43. The summed E-state index contributed by atoms with van der Waals surface area (Å²) in [5.74, 6) is -0.898. The molecule has 0 spiro atoms. The number of primary amides is 1. The fourth-order valence-corrected chi connectivity index (χ4v) is 3.20. The number of hydrogen-bond donors (Lipinski definition) is 1. The summed E-state index contributed by atoms with van der Waals surface area (Å²) >= 11 is 0. The molecule has 28 heavy (non-hydrogen) atoms. The minimum absolute atomic E-state index is 0.0212. The summed E-state index contributed by atoms with van der Waals surface area (Å²) in [4.78, 5) is 24.0. The molecule has 1 atom stereocenters. The van der Waals surface area contributed by atoms with Crippen molar-refractivity contribution in [2.24, 2.45) is 5.73 Å². The molecule has 1 aliphatic rings. The summed E-state index contributed by atoms with van der Waals surface area (Å²) in [5.41, 5.74) is 7.04. The maximum Gasteiger partial charge on any atom is 0.494 e. The minimum Gasteiger partial charge on any atom is -0.464 e. The Bertz CT molecular complexity index is 892. The highest BCUT2D eigenvalue weighted by molar-refractivity contribution is 6.62. The first-order valence-corrected chi connectivity index (χ1v) is 9.64. The average molecular weight is 386 g/mol. The Hall–Kier alpha value is -2.32. The molecule has 0 bridgehead atoms. The van der Waals surface area contributed by atoms with Gasteiger partial charge in [0.2, 0.25) is 0 Å². The van der Waals surface area contributed by atoms with E-state index >= 15 is 0 Å². The monoisotopic (exact) mass is 386 g/mol. The van der Waals surface area contributed by atoms with Crippen LogP contribution in [-0.4, -0.2) is 41.9 Å². The molecule has 0 radical (unpaired) electrons. The Kier molecular flexibility index (Phi) is 5.81. The summed E-state index contributed by atoms with van der Waals surface area (Å²) < 4.78 is 18.8. The number of nitrogens with two attached hydrogens (primary N) is 1. The van der Waals surface area contributed by atoms with Crippen LogP contribution in [-0.2, 0) is 25.4 Å². The van der Waals surface area contributed by atoms with E-state index in [1.54, 1.807) is 10.8 Å². The van der Waals surface area contributed by atoms with Crippen molar-refractivity contribution in [2.75, 3.05) is 6.61 Å². The first kappa shape index (κ1) is 20.4. The first-order chi connectivity index (χ1) is 13.2. The van der Waals surface area contributed by atoms with E-state index in [0.29, 0.717) is 17.6 Å². The Balaban J connectivity index is 1.89. The standard InChI is InChI=1S/C20H27BN2O5/c1-5-6-9-26-18(24)12-23-11-16(19(22)25)15-10-14(7-8-17(15)23)21-27-13(2)20(3,4)28-21/h7-8,10-11,13H,5-6,9,12H2,1-4H3,(H2,22,25). The van der Waals surface area contributed by atoms with Crippen LogP contribution in [0.2, 0.25) is 0 Å². The second kappa shape index (κ2) is 7.97. The highest BCUT2D eigenvalue weighted by Crippen LogP contribution is 2.28. The quantitative estimate of drug-likeness (QED) is 0.446. The molecule has 3 rings (SSSR count). The number of rotatable bonds is 7. The van der Waals surface area contributed by atoms with Crippen molar-refractivity contribution in [1.29, 1.82) is 0 Å². The van der Waals surface area contributed by atoms with Gasteiger partial charge in [0.25, 0.3) is 5.91 Å². The molecule has 1 saturated heterocycles. The van der Waals surface area contributed by atoms with Crippen molar-refractivity contribution in [1.82, 2.24) is 4.57 Å². The zero-order chi connectivity index (χ0) is 20.5. The molecule has 1 aliphatic heterocycles. The lowest BCUT2D eigenvalue weighted by Crippen LogP contribution is -2.34. The van der Waals surface area contributed by atoms with Gasteiger partial charge in [0.15, 0.2) is 0 Å². The molecule has 7 nitrogen and oxygen atoms in total. The summed E-state index contributed by atoms with van der Waals surface area (Å²) in [6.07, 6.45) is 3.31.